The highest BCUT2D eigenvalue weighted by Crippen LogP contribution is 2.44. The third-order valence-corrected chi connectivity index (χ3v) is 7.60. The van der Waals surface area contributed by atoms with Gasteiger partial charge in [0.1, 0.15) is 0 Å². The maximum absolute atomic E-state index is 12.6. The van der Waals surface area contributed by atoms with Crippen molar-refractivity contribution < 1.29 is 8.42 Å². The predicted molar refractivity (Wildman–Crippen MR) is 86.6 cm³/mol. The number of aromatic nitrogens is 1. The Labute approximate surface area is 133 Å². The van der Waals surface area contributed by atoms with Gasteiger partial charge in [-0.05, 0) is 49.3 Å². The number of thiazole rings is 1. The van der Waals surface area contributed by atoms with Crippen LogP contribution in [0.25, 0.3) is 10.2 Å². The Morgan fingerprint density at radius 1 is 1.27 bits per heavy atom. The zero-order valence-corrected chi connectivity index (χ0v) is 13.9. The lowest BCUT2D eigenvalue weighted by Gasteiger charge is -2.22. The van der Waals surface area contributed by atoms with Crippen LogP contribution in [-0.4, -0.2) is 19.0 Å². The van der Waals surface area contributed by atoms with Gasteiger partial charge in [-0.2, -0.15) is 0 Å². The molecule has 2 aromatic rings. The average molecular weight is 338 g/mol. The van der Waals surface area contributed by atoms with Gasteiger partial charge in [0.25, 0.3) is 0 Å². The zero-order valence-electron chi connectivity index (χ0n) is 12.3. The standard InChI is InChI=1S/C15H18N2O3S2/c1-17-13-5-4-11(8-14(13)21-15(17)18)22(19,20)16-12-7-9-2-3-10(12)6-9/h4-5,8-10,12,16H,2-3,6-7H2,1H3/t9-,10-,12+/m0/s1. The number of nitrogens with one attached hydrogen (secondary N) is 1. The Balaban J connectivity index is 1.66. The fourth-order valence-electron chi connectivity index (χ4n) is 3.94. The first-order valence-electron chi connectivity index (χ1n) is 7.56. The Bertz CT molecular complexity index is 897. The molecular formula is C15H18N2O3S2. The fourth-order valence-corrected chi connectivity index (χ4v) is 6.27. The van der Waals surface area contributed by atoms with Gasteiger partial charge < -0.3 is 4.57 Å². The average Bonchev–Trinajstić information content (AvgIpc) is 3.14. The van der Waals surface area contributed by atoms with Gasteiger partial charge in [0.2, 0.25) is 10.0 Å². The molecule has 2 bridgehead atoms. The van der Waals surface area contributed by atoms with Crippen molar-refractivity contribution in [3.63, 3.8) is 0 Å². The van der Waals surface area contributed by atoms with Gasteiger partial charge in [-0.25, -0.2) is 13.1 Å². The minimum atomic E-state index is -3.52. The summed E-state index contributed by atoms with van der Waals surface area (Å²) in [5.74, 6) is 1.19. The van der Waals surface area contributed by atoms with Gasteiger partial charge in [-0.3, -0.25) is 4.79 Å². The van der Waals surface area contributed by atoms with E-state index in [1.807, 2.05) is 0 Å². The highest BCUT2D eigenvalue weighted by atomic mass is 32.2. The number of fused-ring (bicyclic) bond motifs is 3. The van der Waals surface area contributed by atoms with Crippen molar-refractivity contribution in [3.05, 3.63) is 27.9 Å². The number of hydrogen-bond donors (Lipinski definition) is 1. The molecule has 1 heterocycles. The van der Waals surface area contributed by atoms with E-state index in [1.165, 1.54) is 6.42 Å². The van der Waals surface area contributed by atoms with Crippen molar-refractivity contribution in [2.24, 2.45) is 18.9 Å². The molecule has 7 heteroatoms. The molecular weight excluding hydrogens is 320 g/mol. The fraction of sp³-hybridized carbons (Fsp3) is 0.533. The molecule has 118 valence electrons. The quantitative estimate of drug-likeness (QED) is 0.931. The van der Waals surface area contributed by atoms with Crippen LogP contribution >= 0.6 is 11.3 Å². The third kappa shape index (κ3) is 2.23. The molecule has 0 saturated heterocycles. The second kappa shape index (κ2) is 4.91. The van der Waals surface area contributed by atoms with Gasteiger partial charge in [0, 0.05) is 13.1 Å². The summed E-state index contributed by atoms with van der Waals surface area (Å²) >= 11 is 1.08. The molecule has 1 N–H and O–H groups in total. The van der Waals surface area contributed by atoms with Crippen molar-refractivity contribution in [1.29, 1.82) is 0 Å². The lowest BCUT2D eigenvalue weighted by atomic mass is 9.96. The van der Waals surface area contributed by atoms with Crippen LogP contribution in [0.1, 0.15) is 25.7 Å². The number of aryl methyl sites for hydroxylation is 1. The van der Waals surface area contributed by atoms with Gasteiger partial charge in [0.05, 0.1) is 15.1 Å². The maximum atomic E-state index is 12.6. The maximum Gasteiger partial charge on any atom is 0.307 e. The molecule has 1 aromatic heterocycles. The van der Waals surface area contributed by atoms with E-state index in [4.69, 9.17) is 0 Å². The summed E-state index contributed by atoms with van der Waals surface area (Å²) in [6, 6.07) is 4.98. The highest BCUT2D eigenvalue weighted by Gasteiger charge is 2.41. The molecule has 0 spiro atoms. The van der Waals surface area contributed by atoms with Crippen LogP contribution in [0.15, 0.2) is 27.9 Å². The summed E-state index contributed by atoms with van der Waals surface area (Å²) in [6.45, 7) is 0. The van der Waals surface area contributed by atoms with Crippen LogP contribution in [0.2, 0.25) is 0 Å². The van der Waals surface area contributed by atoms with Gasteiger partial charge in [-0.15, -0.1) is 0 Å². The van der Waals surface area contributed by atoms with Crippen molar-refractivity contribution >= 4 is 31.6 Å². The van der Waals surface area contributed by atoms with E-state index in [0.29, 0.717) is 16.5 Å². The molecule has 2 aliphatic carbocycles. The van der Waals surface area contributed by atoms with Crippen LogP contribution in [0.5, 0.6) is 0 Å². The first-order chi connectivity index (χ1) is 10.4. The SMILES string of the molecule is Cn1c(=O)sc2cc(S(=O)(=O)N[C@@H]3C[C@H]4CC[C@H]3C4)ccc21. The van der Waals surface area contributed by atoms with E-state index in [-0.39, 0.29) is 15.8 Å². The number of sulfonamides is 1. The molecule has 0 radical (unpaired) electrons. The molecule has 1 aromatic carbocycles. The summed E-state index contributed by atoms with van der Waals surface area (Å²) in [6.07, 6.45) is 4.50. The normalized spacial score (nSPS) is 27.8. The third-order valence-electron chi connectivity index (χ3n) is 5.12. The molecule has 4 rings (SSSR count). The Morgan fingerprint density at radius 2 is 2.09 bits per heavy atom. The van der Waals surface area contributed by atoms with Crippen molar-refractivity contribution in [3.8, 4) is 0 Å². The van der Waals surface area contributed by atoms with Gasteiger partial charge in [-0.1, -0.05) is 17.8 Å². The monoisotopic (exact) mass is 338 g/mol. The second-order valence-corrected chi connectivity index (χ2v) is 9.17. The van der Waals surface area contributed by atoms with Crippen LogP contribution in [0, 0.1) is 11.8 Å². The number of rotatable bonds is 3. The Hall–Kier alpha value is -1.18. The summed E-state index contributed by atoms with van der Waals surface area (Å²) < 4.78 is 30.4. The van der Waals surface area contributed by atoms with E-state index in [0.717, 1.165) is 36.1 Å². The van der Waals surface area contributed by atoms with Crippen LogP contribution in [0.3, 0.4) is 0 Å². The number of nitrogens with zero attached hydrogens (tertiary/aromatic N) is 1. The van der Waals surface area contributed by atoms with Crippen molar-refractivity contribution in [1.82, 2.24) is 9.29 Å². The number of benzene rings is 1. The van der Waals surface area contributed by atoms with E-state index in [9.17, 15) is 13.2 Å². The zero-order chi connectivity index (χ0) is 15.5. The number of hydrogen-bond acceptors (Lipinski definition) is 4. The molecule has 22 heavy (non-hydrogen) atoms. The lowest BCUT2D eigenvalue weighted by molar-refractivity contribution is 0.390. The molecule has 3 atom stereocenters. The molecule has 0 aliphatic heterocycles. The Kier molecular flexibility index (Phi) is 3.22. The summed E-state index contributed by atoms with van der Waals surface area (Å²) in [7, 11) is -1.82. The first kappa shape index (κ1) is 14.4. The molecule has 0 amide bonds. The van der Waals surface area contributed by atoms with E-state index < -0.39 is 10.0 Å². The molecule has 2 fully saturated rings. The molecule has 0 unspecified atom stereocenters. The first-order valence-corrected chi connectivity index (χ1v) is 9.86. The largest absolute Gasteiger partial charge is 0.307 e. The molecule has 2 aliphatic rings. The van der Waals surface area contributed by atoms with Crippen molar-refractivity contribution in [2.75, 3.05) is 0 Å². The van der Waals surface area contributed by atoms with Gasteiger partial charge >= 0.3 is 4.87 Å². The second-order valence-electron chi connectivity index (χ2n) is 6.46. The van der Waals surface area contributed by atoms with Crippen LogP contribution < -0.4 is 9.60 Å². The van der Waals surface area contributed by atoms with Crippen LogP contribution in [-0.2, 0) is 17.1 Å². The summed E-state index contributed by atoms with van der Waals surface area (Å²) in [5, 5.41) is 0. The van der Waals surface area contributed by atoms with Crippen molar-refractivity contribution in [2.45, 2.75) is 36.6 Å². The topological polar surface area (TPSA) is 68.2 Å². The minimum absolute atomic E-state index is 0.0777. The summed E-state index contributed by atoms with van der Waals surface area (Å²) in [5.41, 5.74) is 0.772. The van der Waals surface area contributed by atoms with E-state index >= 15 is 0 Å². The molecule has 5 nitrogen and oxygen atoms in total. The summed E-state index contributed by atoms with van der Waals surface area (Å²) in [4.78, 5) is 11.9. The van der Waals surface area contributed by atoms with Crippen LogP contribution in [0.4, 0.5) is 0 Å². The highest BCUT2D eigenvalue weighted by molar-refractivity contribution is 7.89. The van der Waals surface area contributed by atoms with Gasteiger partial charge in [0.15, 0.2) is 0 Å². The minimum Gasteiger partial charge on any atom is -0.302 e. The van der Waals surface area contributed by atoms with E-state index in [2.05, 4.69) is 4.72 Å². The predicted octanol–water partition coefficient (Wildman–Crippen LogP) is 2.07. The Morgan fingerprint density at radius 3 is 2.77 bits per heavy atom. The van der Waals surface area contributed by atoms with E-state index in [1.54, 1.807) is 29.8 Å². The lowest BCUT2D eigenvalue weighted by Crippen LogP contribution is -2.38. The molecule has 2 saturated carbocycles. The smallest absolute Gasteiger partial charge is 0.302 e.